The summed E-state index contributed by atoms with van der Waals surface area (Å²) in [5.74, 6) is 1.78. The van der Waals surface area contributed by atoms with Crippen molar-refractivity contribution in [3.8, 4) is 17.2 Å². The highest BCUT2D eigenvalue weighted by Crippen LogP contribution is 2.31. The first-order valence-electron chi connectivity index (χ1n) is 13.6. The number of nitrogens with zero attached hydrogens (tertiary/aromatic N) is 1. The van der Waals surface area contributed by atoms with E-state index in [-0.39, 0.29) is 30.6 Å². The summed E-state index contributed by atoms with van der Waals surface area (Å²) in [7, 11) is 0. The van der Waals surface area contributed by atoms with E-state index in [0.29, 0.717) is 49.2 Å². The number of fused-ring (bicyclic) bond motifs is 7. The maximum atomic E-state index is 13.5. The standard InChI is InChI=1S/C31H33N3O5/c35-30-20-38-27-13-24(12-26(14-27)37-19-23-6-7-23)31(36)33-28-17-34(16-22-4-2-1-3-5-22)18-29(28)39-25-10-8-21(9-11-25)15-32-30/h1-5,8-14,23,28-29H,6-7,15-20H2,(H,32,35)(H,33,36)/t28-,29-/m0/s1. The van der Waals surface area contributed by atoms with Crippen molar-refractivity contribution in [1.82, 2.24) is 15.5 Å². The van der Waals surface area contributed by atoms with E-state index in [9.17, 15) is 9.59 Å². The average molecular weight is 528 g/mol. The molecule has 8 nitrogen and oxygen atoms in total. The van der Waals surface area contributed by atoms with Crippen molar-refractivity contribution in [3.05, 3.63) is 89.5 Å². The highest BCUT2D eigenvalue weighted by atomic mass is 16.5. The number of carbonyl (C=O) groups is 2. The lowest BCUT2D eigenvalue weighted by molar-refractivity contribution is -0.123. The maximum Gasteiger partial charge on any atom is 0.258 e. The van der Waals surface area contributed by atoms with Gasteiger partial charge in [0.15, 0.2) is 6.61 Å². The van der Waals surface area contributed by atoms with Gasteiger partial charge in [0.2, 0.25) is 0 Å². The van der Waals surface area contributed by atoms with Gasteiger partial charge in [-0.15, -0.1) is 0 Å². The number of likely N-dealkylation sites (tertiary alicyclic amines) is 1. The van der Waals surface area contributed by atoms with E-state index < -0.39 is 0 Å². The maximum absolute atomic E-state index is 13.5. The Morgan fingerprint density at radius 3 is 2.54 bits per heavy atom. The van der Waals surface area contributed by atoms with Crippen LogP contribution in [0.4, 0.5) is 0 Å². The van der Waals surface area contributed by atoms with Crippen LogP contribution in [-0.2, 0) is 17.9 Å². The molecule has 4 bridgehead atoms. The minimum absolute atomic E-state index is 0.159. The summed E-state index contributed by atoms with van der Waals surface area (Å²) >= 11 is 0. The van der Waals surface area contributed by atoms with E-state index in [4.69, 9.17) is 14.2 Å². The van der Waals surface area contributed by atoms with Gasteiger partial charge < -0.3 is 24.8 Å². The van der Waals surface area contributed by atoms with Crippen molar-refractivity contribution in [2.75, 3.05) is 26.3 Å². The Morgan fingerprint density at radius 1 is 0.923 bits per heavy atom. The van der Waals surface area contributed by atoms with Gasteiger partial charge >= 0.3 is 0 Å². The van der Waals surface area contributed by atoms with Crippen molar-refractivity contribution >= 4 is 11.8 Å². The van der Waals surface area contributed by atoms with Gasteiger partial charge in [0, 0.05) is 37.8 Å². The molecule has 0 spiro atoms. The Morgan fingerprint density at radius 2 is 1.74 bits per heavy atom. The summed E-state index contributed by atoms with van der Waals surface area (Å²) in [4.78, 5) is 28.3. The van der Waals surface area contributed by atoms with Gasteiger partial charge in [-0.2, -0.15) is 0 Å². The largest absolute Gasteiger partial charge is 0.493 e. The first-order chi connectivity index (χ1) is 19.1. The minimum Gasteiger partial charge on any atom is -0.493 e. The normalized spacial score (nSPS) is 21.6. The molecule has 0 unspecified atom stereocenters. The third-order valence-electron chi connectivity index (χ3n) is 7.30. The highest BCUT2D eigenvalue weighted by molar-refractivity contribution is 5.95. The molecular weight excluding hydrogens is 494 g/mol. The molecule has 2 N–H and O–H groups in total. The Kier molecular flexibility index (Phi) is 7.36. The van der Waals surface area contributed by atoms with Gasteiger partial charge in [-0.05, 0) is 54.2 Å². The van der Waals surface area contributed by atoms with Gasteiger partial charge in [0.25, 0.3) is 11.8 Å². The molecule has 1 saturated carbocycles. The molecular formula is C31H33N3O5. The number of rotatable bonds is 5. The molecule has 3 aliphatic heterocycles. The first kappa shape index (κ1) is 25.2. The van der Waals surface area contributed by atoms with Crippen LogP contribution in [0.15, 0.2) is 72.8 Å². The number of nitrogens with one attached hydrogen (secondary N) is 2. The first-order valence-corrected chi connectivity index (χ1v) is 13.6. The summed E-state index contributed by atoms with van der Waals surface area (Å²) in [6.07, 6.45) is 2.09. The van der Waals surface area contributed by atoms with Gasteiger partial charge in [0.05, 0.1) is 12.6 Å². The Balaban J connectivity index is 1.26. The van der Waals surface area contributed by atoms with E-state index >= 15 is 0 Å². The average Bonchev–Trinajstić information content (AvgIpc) is 3.72. The number of hydrogen-bond donors (Lipinski definition) is 2. The lowest BCUT2D eigenvalue weighted by Gasteiger charge is -2.22. The second-order valence-electron chi connectivity index (χ2n) is 10.6. The zero-order valence-electron chi connectivity index (χ0n) is 21.8. The van der Waals surface area contributed by atoms with Crippen LogP contribution >= 0.6 is 0 Å². The van der Waals surface area contributed by atoms with Crippen molar-refractivity contribution < 1.29 is 23.8 Å². The number of carbonyl (C=O) groups excluding carboxylic acids is 2. The van der Waals surface area contributed by atoms with E-state index in [1.165, 1.54) is 5.56 Å². The highest BCUT2D eigenvalue weighted by Gasteiger charge is 2.36. The molecule has 3 aromatic carbocycles. The quantitative estimate of drug-likeness (QED) is 0.528. The van der Waals surface area contributed by atoms with E-state index in [0.717, 1.165) is 30.7 Å². The van der Waals surface area contributed by atoms with Crippen LogP contribution in [0.3, 0.4) is 0 Å². The van der Waals surface area contributed by atoms with Crippen LogP contribution in [0.5, 0.6) is 17.2 Å². The summed E-state index contributed by atoms with van der Waals surface area (Å²) < 4.78 is 18.2. The molecule has 39 heavy (non-hydrogen) atoms. The van der Waals surface area contributed by atoms with Crippen molar-refractivity contribution in [1.29, 1.82) is 0 Å². The van der Waals surface area contributed by atoms with Crippen LogP contribution in [0, 0.1) is 5.92 Å². The van der Waals surface area contributed by atoms with E-state index in [2.05, 4.69) is 27.7 Å². The summed E-state index contributed by atoms with van der Waals surface area (Å²) in [5, 5.41) is 6.08. The molecule has 0 aromatic heterocycles. The third kappa shape index (κ3) is 6.70. The molecule has 7 rings (SSSR count). The van der Waals surface area contributed by atoms with Crippen LogP contribution in [0.2, 0.25) is 0 Å². The summed E-state index contributed by atoms with van der Waals surface area (Å²) in [5.41, 5.74) is 2.60. The molecule has 2 amide bonds. The smallest absolute Gasteiger partial charge is 0.258 e. The fourth-order valence-corrected chi connectivity index (χ4v) is 4.96. The molecule has 1 aliphatic carbocycles. The summed E-state index contributed by atoms with van der Waals surface area (Å²) in [6.45, 7) is 2.94. The zero-order chi connectivity index (χ0) is 26.6. The van der Waals surface area contributed by atoms with Crippen LogP contribution in [-0.4, -0.2) is 55.2 Å². The van der Waals surface area contributed by atoms with Crippen LogP contribution in [0.1, 0.15) is 34.3 Å². The summed E-state index contributed by atoms with van der Waals surface area (Å²) in [6, 6.07) is 22.9. The topological polar surface area (TPSA) is 89.1 Å². The Labute approximate surface area is 228 Å². The fourth-order valence-electron chi connectivity index (χ4n) is 4.96. The number of hydrogen-bond acceptors (Lipinski definition) is 6. The second kappa shape index (κ2) is 11.4. The fraction of sp³-hybridized carbons (Fsp3) is 0.355. The molecule has 4 aliphatic rings. The van der Waals surface area contributed by atoms with Crippen molar-refractivity contribution in [2.45, 2.75) is 38.1 Å². The second-order valence-corrected chi connectivity index (χ2v) is 10.6. The predicted molar refractivity (Wildman–Crippen MR) is 146 cm³/mol. The number of ether oxygens (including phenoxy) is 3. The lowest BCUT2D eigenvalue weighted by Crippen LogP contribution is -2.45. The van der Waals surface area contributed by atoms with Crippen molar-refractivity contribution in [2.24, 2.45) is 5.92 Å². The molecule has 3 heterocycles. The zero-order valence-corrected chi connectivity index (χ0v) is 21.8. The monoisotopic (exact) mass is 527 g/mol. The van der Waals surface area contributed by atoms with E-state index in [1.54, 1.807) is 18.2 Å². The van der Waals surface area contributed by atoms with E-state index in [1.807, 2.05) is 42.5 Å². The van der Waals surface area contributed by atoms with Crippen LogP contribution in [0.25, 0.3) is 0 Å². The molecule has 8 heteroatoms. The molecule has 0 radical (unpaired) electrons. The lowest BCUT2D eigenvalue weighted by atomic mass is 10.1. The SMILES string of the molecule is O=C1COc2cc(OCC3CC3)cc(c2)C(=O)N[C@H]2CN(Cc3ccccc3)C[C@@H]2Oc2ccc(cc2)CN1. The molecule has 202 valence electrons. The number of benzene rings is 3. The third-order valence-corrected chi connectivity index (χ3v) is 7.30. The Bertz CT molecular complexity index is 1310. The Hall–Kier alpha value is -4.04. The molecule has 2 fully saturated rings. The van der Waals surface area contributed by atoms with Gasteiger partial charge in [-0.3, -0.25) is 14.5 Å². The van der Waals surface area contributed by atoms with Crippen molar-refractivity contribution in [3.63, 3.8) is 0 Å². The predicted octanol–water partition coefficient (Wildman–Crippen LogP) is 3.55. The van der Waals surface area contributed by atoms with Crippen LogP contribution < -0.4 is 24.8 Å². The number of amides is 2. The van der Waals surface area contributed by atoms with Gasteiger partial charge in [0.1, 0.15) is 23.4 Å². The molecule has 3 aromatic rings. The van der Waals surface area contributed by atoms with Gasteiger partial charge in [-0.25, -0.2) is 0 Å². The minimum atomic E-state index is -0.247. The van der Waals surface area contributed by atoms with Gasteiger partial charge in [-0.1, -0.05) is 42.5 Å². The molecule has 2 atom stereocenters. The molecule has 1 saturated heterocycles.